The molecular formula is C15H21F2NO2. The Balaban J connectivity index is 2.10. The minimum absolute atomic E-state index is 0.0905. The third kappa shape index (κ3) is 3.46. The Morgan fingerprint density at radius 2 is 2.10 bits per heavy atom. The molecule has 1 saturated carbocycles. The molecule has 0 spiro atoms. The van der Waals surface area contributed by atoms with Crippen molar-refractivity contribution in [2.24, 2.45) is 5.92 Å². The zero-order valence-corrected chi connectivity index (χ0v) is 11.8. The number of aliphatic hydroxyl groups is 1. The molecule has 0 heterocycles. The van der Waals surface area contributed by atoms with Crippen LogP contribution < -0.4 is 10.1 Å². The fourth-order valence-corrected chi connectivity index (χ4v) is 2.50. The molecule has 1 fully saturated rings. The van der Waals surface area contributed by atoms with Crippen molar-refractivity contribution in [2.75, 3.05) is 13.2 Å². The maximum absolute atomic E-state index is 13.6. The maximum Gasteiger partial charge on any atom is 0.165 e. The van der Waals surface area contributed by atoms with Crippen molar-refractivity contribution >= 4 is 0 Å². The molecule has 112 valence electrons. The average molecular weight is 285 g/mol. The zero-order valence-electron chi connectivity index (χ0n) is 11.8. The zero-order chi connectivity index (χ0) is 14.8. The molecular weight excluding hydrogens is 264 g/mol. The topological polar surface area (TPSA) is 41.5 Å². The number of hydrogen-bond donors (Lipinski definition) is 2. The molecule has 2 N–H and O–H groups in total. The maximum atomic E-state index is 13.6. The second-order valence-electron chi connectivity index (χ2n) is 5.75. The summed E-state index contributed by atoms with van der Waals surface area (Å²) in [5, 5.41) is 13.0. The van der Waals surface area contributed by atoms with Gasteiger partial charge in [0.2, 0.25) is 0 Å². The lowest BCUT2D eigenvalue weighted by molar-refractivity contribution is 0.0760. The summed E-state index contributed by atoms with van der Waals surface area (Å²) in [5.74, 6) is -0.946. The van der Waals surface area contributed by atoms with Crippen molar-refractivity contribution in [3.8, 4) is 5.75 Å². The summed E-state index contributed by atoms with van der Waals surface area (Å²) in [5.41, 5.74) is -0.590. The minimum Gasteiger partial charge on any atom is -0.488 e. The standard InChI is InChI=1S/C15H21F2NO2/c1-10(2)18-15(8-19,11-3-4-11)9-20-14-7-12(16)5-6-13(14)17/h5-7,10-11,18-19H,3-4,8-9H2,1-2H3. The Labute approximate surface area is 117 Å². The lowest BCUT2D eigenvalue weighted by Gasteiger charge is -2.35. The van der Waals surface area contributed by atoms with E-state index in [1.54, 1.807) is 0 Å². The predicted octanol–water partition coefficient (Wildman–Crippen LogP) is 2.48. The van der Waals surface area contributed by atoms with Crippen LogP contribution in [-0.4, -0.2) is 29.9 Å². The highest BCUT2D eigenvalue weighted by Crippen LogP contribution is 2.40. The Morgan fingerprint density at radius 3 is 2.65 bits per heavy atom. The number of aliphatic hydroxyl groups excluding tert-OH is 1. The molecule has 0 amide bonds. The van der Waals surface area contributed by atoms with Crippen molar-refractivity contribution in [1.82, 2.24) is 5.32 Å². The summed E-state index contributed by atoms with van der Waals surface area (Å²) < 4.78 is 32.1. The summed E-state index contributed by atoms with van der Waals surface area (Å²) in [7, 11) is 0. The lowest BCUT2D eigenvalue weighted by atomic mass is 9.94. The van der Waals surface area contributed by atoms with Gasteiger partial charge in [0.05, 0.1) is 12.1 Å². The molecule has 1 aliphatic rings. The van der Waals surface area contributed by atoms with Gasteiger partial charge >= 0.3 is 0 Å². The predicted molar refractivity (Wildman–Crippen MR) is 72.7 cm³/mol. The van der Waals surface area contributed by atoms with Gasteiger partial charge in [-0.15, -0.1) is 0 Å². The number of benzene rings is 1. The van der Waals surface area contributed by atoms with E-state index in [1.807, 2.05) is 13.8 Å². The monoisotopic (exact) mass is 285 g/mol. The van der Waals surface area contributed by atoms with Gasteiger partial charge in [-0.2, -0.15) is 0 Å². The van der Waals surface area contributed by atoms with E-state index in [4.69, 9.17) is 4.74 Å². The van der Waals surface area contributed by atoms with Gasteiger partial charge in [-0.1, -0.05) is 13.8 Å². The van der Waals surface area contributed by atoms with Crippen LogP contribution in [0.2, 0.25) is 0 Å². The van der Waals surface area contributed by atoms with E-state index < -0.39 is 17.2 Å². The van der Waals surface area contributed by atoms with E-state index >= 15 is 0 Å². The van der Waals surface area contributed by atoms with Gasteiger partial charge in [0.1, 0.15) is 12.4 Å². The molecule has 0 radical (unpaired) electrons. The average Bonchev–Trinajstić information content (AvgIpc) is 3.22. The van der Waals surface area contributed by atoms with Crippen molar-refractivity contribution in [3.63, 3.8) is 0 Å². The van der Waals surface area contributed by atoms with Crippen LogP contribution in [-0.2, 0) is 0 Å². The Bertz CT molecular complexity index is 463. The van der Waals surface area contributed by atoms with E-state index in [1.165, 1.54) is 0 Å². The SMILES string of the molecule is CC(C)NC(CO)(COc1cc(F)ccc1F)C1CC1. The van der Waals surface area contributed by atoms with Crippen LogP contribution in [0.1, 0.15) is 26.7 Å². The molecule has 2 rings (SSSR count). The molecule has 0 saturated heterocycles. The highest BCUT2D eigenvalue weighted by molar-refractivity contribution is 5.25. The Morgan fingerprint density at radius 1 is 1.40 bits per heavy atom. The van der Waals surface area contributed by atoms with Gasteiger partial charge < -0.3 is 15.2 Å². The van der Waals surface area contributed by atoms with Crippen LogP contribution in [0.15, 0.2) is 18.2 Å². The quantitative estimate of drug-likeness (QED) is 0.808. The number of rotatable bonds is 7. The van der Waals surface area contributed by atoms with Crippen molar-refractivity contribution in [2.45, 2.75) is 38.3 Å². The lowest BCUT2D eigenvalue weighted by Crippen LogP contribution is -2.57. The highest BCUT2D eigenvalue weighted by Gasteiger charge is 2.46. The number of hydrogen-bond acceptors (Lipinski definition) is 3. The fourth-order valence-electron chi connectivity index (χ4n) is 2.50. The van der Waals surface area contributed by atoms with Crippen molar-refractivity contribution < 1.29 is 18.6 Å². The van der Waals surface area contributed by atoms with Gasteiger partial charge in [-0.25, -0.2) is 8.78 Å². The smallest absolute Gasteiger partial charge is 0.165 e. The van der Waals surface area contributed by atoms with Gasteiger partial charge in [0.15, 0.2) is 11.6 Å². The number of ether oxygens (including phenoxy) is 1. The summed E-state index contributed by atoms with van der Waals surface area (Å²) in [6.07, 6.45) is 2.02. The summed E-state index contributed by atoms with van der Waals surface area (Å²) in [6, 6.07) is 3.29. The second kappa shape index (κ2) is 6.06. The molecule has 0 bridgehead atoms. The third-order valence-electron chi connectivity index (χ3n) is 3.60. The first-order valence-corrected chi connectivity index (χ1v) is 6.93. The van der Waals surface area contributed by atoms with E-state index in [2.05, 4.69) is 5.32 Å². The highest BCUT2D eigenvalue weighted by atomic mass is 19.1. The van der Waals surface area contributed by atoms with E-state index in [-0.39, 0.29) is 25.0 Å². The fraction of sp³-hybridized carbons (Fsp3) is 0.600. The van der Waals surface area contributed by atoms with E-state index in [0.717, 1.165) is 31.0 Å². The molecule has 1 unspecified atom stereocenters. The van der Waals surface area contributed by atoms with Crippen LogP contribution >= 0.6 is 0 Å². The van der Waals surface area contributed by atoms with Crippen LogP contribution in [0.3, 0.4) is 0 Å². The third-order valence-corrected chi connectivity index (χ3v) is 3.60. The molecule has 1 aliphatic carbocycles. The first-order valence-electron chi connectivity index (χ1n) is 6.93. The van der Waals surface area contributed by atoms with E-state index in [0.29, 0.717) is 5.92 Å². The molecule has 1 aromatic carbocycles. The molecule has 5 heteroatoms. The van der Waals surface area contributed by atoms with Crippen molar-refractivity contribution in [3.05, 3.63) is 29.8 Å². The summed E-state index contributed by atoms with van der Waals surface area (Å²) >= 11 is 0. The second-order valence-corrected chi connectivity index (χ2v) is 5.75. The molecule has 20 heavy (non-hydrogen) atoms. The number of halogens is 2. The van der Waals surface area contributed by atoms with Gasteiger partial charge in [-0.3, -0.25) is 0 Å². The molecule has 1 aromatic rings. The summed E-state index contributed by atoms with van der Waals surface area (Å²) in [6.45, 7) is 3.99. The van der Waals surface area contributed by atoms with Gasteiger partial charge in [-0.05, 0) is 30.9 Å². The molecule has 1 atom stereocenters. The first kappa shape index (κ1) is 15.2. The van der Waals surface area contributed by atoms with Gasteiger partial charge in [0, 0.05) is 12.1 Å². The van der Waals surface area contributed by atoms with Gasteiger partial charge in [0.25, 0.3) is 0 Å². The minimum atomic E-state index is -0.599. The molecule has 0 aliphatic heterocycles. The van der Waals surface area contributed by atoms with E-state index in [9.17, 15) is 13.9 Å². The summed E-state index contributed by atoms with van der Waals surface area (Å²) in [4.78, 5) is 0. The van der Waals surface area contributed by atoms with Crippen LogP contribution in [0.25, 0.3) is 0 Å². The van der Waals surface area contributed by atoms with Crippen LogP contribution in [0, 0.1) is 17.6 Å². The molecule has 3 nitrogen and oxygen atoms in total. The van der Waals surface area contributed by atoms with Crippen molar-refractivity contribution in [1.29, 1.82) is 0 Å². The van der Waals surface area contributed by atoms with Crippen LogP contribution in [0.5, 0.6) is 5.75 Å². The normalized spacial score (nSPS) is 18.1. The molecule has 0 aromatic heterocycles. The Hall–Kier alpha value is -1.20. The largest absolute Gasteiger partial charge is 0.488 e. The van der Waals surface area contributed by atoms with Crippen LogP contribution in [0.4, 0.5) is 8.78 Å². The first-order chi connectivity index (χ1) is 9.47. The Kier molecular flexibility index (Phi) is 4.60. The number of nitrogens with one attached hydrogen (secondary N) is 1.